The second-order valence-corrected chi connectivity index (χ2v) is 4.49. The fourth-order valence-corrected chi connectivity index (χ4v) is 1.80. The largest absolute Gasteiger partial charge is 0.488 e. The third-order valence-corrected chi connectivity index (χ3v) is 2.86. The zero-order valence-corrected chi connectivity index (χ0v) is 11.0. The van der Waals surface area contributed by atoms with E-state index in [1.165, 1.54) is 18.2 Å². The number of benzene rings is 2. The summed E-state index contributed by atoms with van der Waals surface area (Å²) in [4.78, 5) is 12.0. The molecule has 2 aromatic carbocycles. The van der Waals surface area contributed by atoms with E-state index in [4.69, 9.17) is 32.1 Å². The van der Waals surface area contributed by atoms with Crippen LogP contribution in [0.25, 0.3) is 0 Å². The van der Waals surface area contributed by atoms with Gasteiger partial charge in [0.1, 0.15) is 5.75 Å². The van der Waals surface area contributed by atoms with Gasteiger partial charge in [-0.25, -0.2) is 4.79 Å². The monoisotopic (exact) mass is 291 g/mol. The molecule has 7 heteroatoms. The van der Waals surface area contributed by atoms with Gasteiger partial charge in [0.2, 0.25) is 0 Å². The van der Waals surface area contributed by atoms with Gasteiger partial charge < -0.3 is 20.5 Å². The Morgan fingerprint density at radius 2 is 1.90 bits per heavy atom. The van der Waals surface area contributed by atoms with E-state index in [0.717, 1.165) is 0 Å². The number of esters is 1. The molecule has 0 saturated carbocycles. The number of para-hydroxylation sites is 1. The summed E-state index contributed by atoms with van der Waals surface area (Å²) in [5.41, 5.74) is 6.04. The van der Waals surface area contributed by atoms with Crippen LogP contribution in [0.3, 0.4) is 0 Å². The number of hydrogen-bond donors (Lipinski definition) is 3. The normalized spacial score (nSPS) is 10.2. The molecule has 5 nitrogen and oxygen atoms in total. The number of hydrogen-bond acceptors (Lipinski definition) is 5. The van der Waals surface area contributed by atoms with E-state index in [0.29, 0.717) is 5.02 Å². The van der Waals surface area contributed by atoms with Gasteiger partial charge in [0.05, 0.1) is 10.6 Å². The van der Waals surface area contributed by atoms with E-state index in [2.05, 4.69) is 0 Å². The number of ether oxygens (including phenoxy) is 1. The van der Waals surface area contributed by atoms with E-state index in [1.54, 1.807) is 24.3 Å². The molecular weight excluding hydrogens is 280 g/mol. The number of nitrogen functional groups attached to an aromatic ring is 1. The van der Waals surface area contributed by atoms with Crippen LogP contribution in [0.5, 0.6) is 5.75 Å². The Morgan fingerprint density at radius 1 is 1.20 bits per heavy atom. The molecule has 0 fully saturated rings. The van der Waals surface area contributed by atoms with Gasteiger partial charge in [-0.15, -0.1) is 0 Å². The van der Waals surface area contributed by atoms with Crippen LogP contribution in [0.1, 0.15) is 10.4 Å². The molecule has 0 radical (unpaired) electrons. The fourth-order valence-electron chi connectivity index (χ4n) is 1.63. The summed E-state index contributed by atoms with van der Waals surface area (Å²) >= 11 is 5.89. The van der Waals surface area contributed by atoms with Gasteiger partial charge in [-0.1, -0.05) is 23.7 Å². The van der Waals surface area contributed by atoms with Gasteiger partial charge in [0.15, 0.2) is 0 Å². The van der Waals surface area contributed by atoms with Crippen molar-refractivity contribution in [1.29, 1.82) is 0 Å². The van der Waals surface area contributed by atoms with Gasteiger partial charge >= 0.3 is 13.1 Å². The third-order valence-electron chi connectivity index (χ3n) is 2.55. The second-order valence-electron chi connectivity index (χ2n) is 4.08. The summed E-state index contributed by atoms with van der Waals surface area (Å²) in [5.74, 6) is -0.472. The minimum absolute atomic E-state index is 0.105. The Bertz CT molecular complexity index is 648. The molecule has 0 heterocycles. The molecule has 2 aromatic rings. The van der Waals surface area contributed by atoms with Crippen molar-refractivity contribution in [2.24, 2.45) is 0 Å². The van der Waals surface area contributed by atoms with Crippen molar-refractivity contribution in [3.63, 3.8) is 0 Å². The van der Waals surface area contributed by atoms with Crippen molar-refractivity contribution in [3.05, 3.63) is 53.1 Å². The molecule has 2 rings (SSSR count). The van der Waals surface area contributed by atoms with E-state index in [1.807, 2.05) is 0 Å². The van der Waals surface area contributed by atoms with Crippen LogP contribution in [-0.4, -0.2) is 23.1 Å². The van der Waals surface area contributed by atoms with Crippen LogP contribution in [0.4, 0.5) is 5.69 Å². The Morgan fingerprint density at radius 3 is 2.55 bits per heavy atom. The minimum atomic E-state index is -1.72. The quantitative estimate of drug-likeness (QED) is 0.337. The maximum absolute atomic E-state index is 12.0. The highest BCUT2D eigenvalue weighted by Crippen LogP contribution is 2.24. The molecule has 20 heavy (non-hydrogen) atoms. The SMILES string of the molecule is Nc1cc(B(O)O)cc(C(=O)Oc2ccccc2Cl)c1. The summed E-state index contributed by atoms with van der Waals surface area (Å²) in [6.07, 6.45) is 0. The predicted octanol–water partition coefficient (Wildman–Crippen LogP) is 0.821. The van der Waals surface area contributed by atoms with Crippen LogP contribution in [0.15, 0.2) is 42.5 Å². The number of rotatable bonds is 3. The fraction of sp³-hybridized carbons (Fsp3) is 0. The molecule has 0 atom stereocenters. The van der Waals surface area contributed by atoms with Crippen molar-refractivity contribution in [1.82, 2.24) is 0 Å². The molecule has 0 aliphatic rings. The lowest BCUT2D eigenvalue weighted by Gasteiger charge is -2.08. The summed E-state index contributed by atoms with van der Waals surface area (Å²) in [5, 5.41) is 18.5. The van der Waals surface area contributed by atoms with Crippen LogP contribution in [0, 0.1) is 0 Å². The van der Waals surface area contributed by atoms with E-state index in [9.17, 15) is 4.79 Å². The van der Waals surface area contributed by atoms with Crippen LogP contribution in [0.2, 0.25) is 5.02 Å². The lowest BCUT2D eigenvalue weighted by molar-refractivity contribution is 0.0735. The Kier molecular flexibility index (Phi) is 4.29. The number of carbonyl (C=O) groups excluding carboxylic acids is 1. The molecule has 0 aliphatic heterocycles. The highest BCUT2D eigenvalue weighted by Gasteiger charge is 2.17. The first-order valence-electron chi connectivity index (χ1n) is 5.70. The summed E-state index contributed by atoms with van der Waals surface area (Å²) in [6, 6.07) is 10.6. The highest BCUT2D eigenvalue weighted by atomic mass is 35.5. The molecule has 0 aromatic heterocycles. The topological polar surface area (TPSA) is 92.8 Å². The Labute approximate surface area is 120 Å². The van der Waals surface area contributed by atoms with Gasteiger partial charge in [0, 0.05) is 5.69 Å². The summed E-state index contributed by atoms with van der Waals surface area (Å²) in [6.45, 7) is 0. The van der Waals surface area contributed by atoms with E-state index in [-0.39, 0.29) is 22.5 Å². The average Bonchev–Trinajstić information content (AvgIpc) is 2.40. The first kappa shape index (κ1) is 14.4. The molecular formula is C13H11BClNO4. The first-order valence-corrected chi connectivity index (χ1v) is 6.08. The number of nitrogens with two attached hydrogens (primary N) is 1. The standard InChI is InChI=1S/C13H11BClNO4/c15-11-3-1-2-4-12(11)20-13(17)8-5-9(14(18)19)7-10(16)6-8/h1-7,18-19H,16H2. The number of carbonyl (C=O) groups is 1. The molecule has 0 amide bonds. The number of halogens is 1. The lowest BCUT2D eigenvalue weighted by Crippen LogP contribution is -2.31. The molecule has 4 N–H and O–H groups in total. The lowest BCUT2D eigenvalue weighted by atomic mass is 9.79. The van der Waals surface area contributed by atoms with Crippen molar-refractivity contribution in [3.8, 4) is 5.75 Å². The highest BCUT2D eigenvalue weighted by molar-refractivity contribution is 6.58. The van der Waals surface area contributed by atoms with Crippen LogP contribution < -0.4 is 15.9 Å². The average molecular weight is 291 g/mol. The zero-order valence-electron chi connectivity index (χ0n) is 10.3. The Balaban J connectivity index is 2.28. The molecule has 0 spiro atoms. The molecule has 0 unspecified atom stereocenters. The maximum atomic E-state index is 12.0. The Hall–Kier alpha value is -2.02. The third kappa shape index (κ3) is 3.30. The van der Waals surface area contributed by atoms with Gasteiger partial charge in [0.25, 0.3) is 0 Å². The van der Waals surface area contributed by atoms with Crippen molar-refractivity contribution < 1.29 is 19.6 Å². The van der Waals surface area contributed by atoms with Crippen LogP contribution in [-0.2, 0) is 0 Å². The van der Waals surface area contributed by atoms with Gasteiger partial charge in [-0.05, 0) is 35.8 Å². The summed E-state index contributed by atoms with van der Waals surface area (Å²) in [7, 11) is -1.72. The van der Waals surface area contributed by atoms with Gasteiger partial charge in [-0.2, -0.15) is 0 Å². The van der Waals surface area contributed by atoms with Crippen molar-refractivity contribution in [2.45, 2.75) is 0 Å². The molecule has 0 bridgehead atoms. The smallest absolute Gasteiger partial charge is 0.423 e. The van der Waals surface area contributed by atoms with Crippen molar-refractivity contribution >= 4 is 35.8 Å². The van der Waals surface area contributed by atoms with Crippen molar-refractivity contribution in [2.75, 3.05) is 5.73 Å². The predicted molar refractivity (Wildman–Crippen MR) is 77.1 cm³/mol. The maximum Gasteiger partial charge on any atom is 0.488 e. The molecule has 102 valence electrons. The minimum Gasteiger partial charge on any atom is -0.423 e. The second kappa shape index (κ2) is 5.96. The molecule has 0 aliphatic carbocycles. The number of anilines is 1. The van der Waals surface area contributed by atoms with E-state index >= 15 is 0 Å². The van der Waals surface area contributed by atoms with Crippen LogP contribution >= 0.6 is 11.6 Å². The first-order chi connectivity index (χ1) is 9.47. The zero-order chi connectivity index (χ0) is 14.7. The summed E-state index contributed by atoms with van der Waals surface area (Å²) < 4.78 is 5.13. The van der Waals surface area contributed by atoms with Gasteiger partial charge in [-0.3, -0.25) is 0 Å². The molecule has 0 saturated heterocycles. The van der Waals surface area contributed by atoms with E-state index < -0.39 is 13.1 Å².